The molecule has 1 aliphatic heterocycles. The molecule has 1 N–H and O–H groups in total. The van der Waals surface area contributed by atoms with Gasteiger partial charge in [0, 0.05) is 18.7 Å². The fourth-order valence-electron chi connectivity index (χ4n) is 3.84. The highest BCUT2D eigenvalue weighted by molar-refractivity contribution is 5.91. The molecule has 1 amide bonds. The lowest BCUT2D eigenvalue weighted by molar-refractivity contribution is 0.0675. The normalized spacial score (nSPS) is 14.9. The lowest BCUT2D eigenvalue weighted by Gasteiger charge is -2.31. The minimum Gasteiger partial charge on any atom is -0.336 e. The summed E-state index contributed by atoms with van der Waals surface area (Å²) in [5.41, 5.74) is 1.83. The molecule has 6 heteroatoms. The molecule has 150 valence electrons. The van der Waals surface area contributed by atoms with Crippen LogP contribution in [-0.4, -0.2) is 52.3 Å². The van der Waals surface area contributed by atoms with Gasteiger partial charge in [-0.1, -0.05) is 48.5 Å². The molecular formula is C23H27N5O. The second kappa shape index (κ2) is 9.01. The smallest absolute Gasteiger partial charge is 0.293 e. The Morgan fingerprint density at radius 1 is 1.03 bits per heavy atom. The summed E-state index contributed by atoms with van der Waals surface area (Å²) in [6.45, 7) is 2.57. The Kier molecular flexibility index (Phi) is 6.00. The largest absolute Gasteiger partial charge is 0.336 e. The number of likely N-dealkylation sites (tertiary alicyclic amines) is 1. The van der Waals surface area contributed by atoms with Crippen LogP contribution in [0.15, 0.2) is 60.7 Å². The van der Waals surface area contributed by atoms with Crippen molar-refractivity contribution in [3.05, 3.63) is 66.5 Å². The first-order valence-corrected chi connectivity index (χ1v) is 10.3. The van der Waals surface area contributed by atoms with Gasteiger partial charge in [-0.2, -0.15) is 0 Å². The van der Waals surface area contributed by atoms with Crippen LogP contribution in [0.25, 0.3) is 17.1 Å². The van der Waals surface area contributed by atoms with E-state index in [1.54, 1.807) is 4.68 Å². The Hall–Kier alpha value is -2.99. The van der Waals surface area contributed by atoms with Gasteiger partial charge in [0.25, 0.3) is 5.91 Å². The lowest BCUT2D eigenvalue weighted by Crippen LogP contribution is -2.39. The number of benzene rings is 2. The molecule has 1 fully saturated rings. The second-order valence-corrected chi connectivity index (χ2v) is 7.50. The van der Waals surface area contributed by atoms with Gasteiger partial charge >= 0.3 is 0 Å². The number of nitrogens with one attached hydrogen (secondary N) is 1. The minimum atomic E-state index is -0.0797. The van der Waals surface area contributed by atoms with Crippen molar-refractivity contribution in [3.8, 4) is 17.1 Å². The molecule has 0 aliphatic carbocycles. The zero-order valence-corrected chi connectivity index (χ0v) is 16.8. The first kappa shape index (κ1) is 19.3. The number of amides is 1. The number of carbonyl (C=O) groups is 1. The van der Waals surface area contributed by atoms with Crippen LogP contribution in [0.2, 0.25) is 0 Å². The van der Waals surface area contributed by atoms with Crippen LogP contribution in [0, 0.1) is 5.92 Å². The third-order valence-electron chi connectivity index (χ3n) is 5.54. The van der Waals surface area contributed by atoms with Gasteiger partial charge in [-0.25, -0.2) is 9.67 Å². The number of nitrogens with zero attached hydrogens (tertiary/aromatic N) is 4. The molecule has 29 heavy (non-hydrogen) atoms. The molecule has 0 atom stereocenters. The van der Waals surface area contributed by atoms with E-state index in [4.69, 9.17) is 0 Å². The van der Waals surface area contributed by atoms with E-state index in [1.165, 1.54) is 0 Å². The molecule has 0 unspecified atom stereocenters. The predicted octanol–water partition coefficient (Wildman–Crippen LogP) is 3.40. The lowest BCUT2D eigenvalue weighted by atomic mass is 9.93. The van der Waals surface area contributed by atoms with E-state index < -0.39 is 0 Å². The van der Waals surface area contributed by atoms with E-state index in [0.29, 0.717) is 11.7 Å². The maximum Gasteiger partial charge on any atom is 0.293 e. The summed E-state index contributed by atoms with van der Waals surface area (Å²) in [6, 6.07) is 19.7. The third-order valence-corrected chi connectivity index (χ3v) is 5.54. The monoisotopic (exact) mass is 389 g/mol. The summed E-state index contributed by atoms with van der Waals surface area (Å²) < 4.78 is 1.77. The number of aromatic nitrogens is 3. The van der Waals surface area contributed by atoms with Crippen LogP contribution >= 0.6 is 0 Å². The summed E-state index contributed by atoms with van der Waals surface area (Å²) in [5.74, 6) is 1.55. The summed E-state index contributed by atoms with van der Waals surface area (Å²) in [7, 11) is 1.98. The molecule has 0 saturated carbocycles. The second-order valence-electron chi connectivity index (χ2n) is 7.50. The molecule has 1 saturated heterocycles. The van der Waals surface area contributed by atoms with E-state index in [0.717, 1.165) is 50.1 Å². The molecule has 0 radical (unpaired) electrons. The number of rotatable bonds is 6. The van der Waals surface area contributed by atoms with E-state index in [9.17, 15) is 4.79 Å². The third kappa shape index (κ3) is 4.38. The molecule has 1 aromatic heterocycles. The first-order valence-electron chi connectivity index (χ1n) is 10.3. The zero-order chi connectivity index (χ0) is 20.1. The molecular weight excluding hydrogens is 362 g/mol. The molecule has 0 bridgehead atoms. The van der Waals surface area contributed by atoms with Crippen molar-refractivity contribution in [2.24, 2.45) is 5.92 Å². The van der Waals surface area contributed by atoms with Crippen molar-refractivity contribution in [2.45, 2.75) is 19.3 Å². The first-order chi connectivity index (χ1) is 14.3. The van der Waals surface area contributed by atoms with Crippen molar-refractivity contribution in [1.29, 1.82) is 0 Å². The van der Waals surface area contributed by atoms with Gasteiger partial charge in [0.15, 0.2) is 5.82 Å². The van der Waals surface area contributed by atoms with Crippen molar-refractivity contribution in [1.82, 2.24) is 25.0 Å². The van der Waals surface area contributed by atoms with Crippen LogP contribution < -0.4 is 5.32 Å². The van der Waals surface area contributed by atoms with Crippen LogP contribution in [0.1, 0.15) is 29.9 Å². The standard InChI is InChI=1S/C23H27N5O/c1-24-15-12-18-13-16-27(17-14-18)23(29)21-25-22(19-8-4-2-5-9-19)28(26-21)20-10-6-3-7-11-20/h2-11,18,24H,12-17H2,1H3. The Labute approximate surface area is 171 Å². The number of para-hydroxylation sites is 1. The van der Waals surface area contributed by atoms with Gasteiger partial charge in [0.2, 0.25) is 5.82 Å². The Morgan fingerprint density at radius 2 is 1.69 bits per heavy atom. The van der Waals surface area contributed by atoms with Crippen LogP contribution in [0.5, 0.6) is 0 Å². The number of hydrogen-bond acceptors (Lipinski definition) is 4. The average molecular weight is 390 g/mol. The van der Waals surface area contributed by atoms with E-state index >= 15 is 0 Å². The maximum absolute atomic E-state index is 13.1. The molecule has 6 nitrogen and oxygen atoms in total. The van der Waals surface area contributed by atoms with Gasteiger partial charge < -0.3 is 10.2 Å². The highest BCUT2D eigenvalue weighted by Crippen LogP contribution is 2.24. The molecule has 2 aromatic carbocycles. The van der Waals surface area contributed by atoms with Crippen molar-refractivity contribution in [2.75, 3.05) is 26.7 Å². The van der Waals surface area contributed by atoms with Crippen LogP contribution in [-0.2, 0) is 0 Å². The predicted molar refractivity (Wildman–Crippen MR) is 114 cm³/mol. The molecule has 0 spiro atoms. The molecule has 1 aliphatic rings. The molecule has 3 aromatic rings. The minimum absolute atomic E-state index is 0.0797. The molecule has 2 heterocycles. The van der Waals surface area contributed by atoms with Gasteiger partial charge in [-0.15, -0.1) is 5.10 Å². The number of hydrogen-bond donors (Lipinski definition) is 1. The Bertz CT molecular complexity index is 873. The van der Waals surface area contributed by atoms with Crippen molar-refractivity contribution < 1.29 is 4.79 Å². The number of carbonyl (C=O) groups excluding carboxylic acids is 1. The van der Waals surface area contributed by atoms with Crippen molar-refractivity contribution >= 4 is 5.91 Å². The van der Waals surface area contributed by atoms with Gasteiger partial charge in [0.05, 0.1) is 5.69 Å². The van der Waals surface area contributed by atoms with Crippen LogP contribution in [0.4, 0.5) is 0 Å². The zero-order valence-electron chi connectivity index (χ0n) is 16.8. The van der Waals surface area contributed by atoms with Gasteiger partial charge in [-0.3, -0.25) is 4.79 Å². The van der Waals surface area contributed by atoms with Crippen LogP contribution in [0.3, 0.4) is 0 Å². The number of piperidine rings is 1. The van der Waals surface area contributed by atoms with Gasteiger partial charge in [0.1, 0.15) is 0 Å². The van der Waals surface area contributed by atoms with Gasteiger partial charge in [-0.05, 0) is 50.9 Å². The fourth-order valence-corrected chi connectivity index (χ4v) is 3.84. The quantitative estimate of drug-likeness (QED) is 0.702. The molecule has 4 rings (SSSR count). The topological polar surface area (TPSA) is 63.1 Å². The average Bonchev–Trinajstić information content (AvgIpc) is 3.24. The highest BCUT2D eigenvalue weighted by atomic mass is 16.2. The summed E-state index contributed by atoms with van der Waals surface area (Å²) in [5, 5.41) is 7.82. The summed E-state index contributed by atoms with van der Waals surface area (Å²) in [4.78, 5) is 19.7. The van der Waals surface area contributed by atoms with E-state index in [1.807, 2.05) is 72.6 Å². The summed E-state index contributed by atoms with van der Waals surface area (Å²) >= 11 is 0. The summed E-state index contributed by atoms with van der Waals surface area (Å²) in [6.07, 6.45) is 3.24. The fraction of sp³-hybridized carbons (Fsp3) is 0.348. The van der Waals surface area contributed by atoms with Crippen molar-refractivity contribution in [3.63, 3.8) is 0 Å². The highest BCUT2D eigenvalue weighted by Gasteiger charge is 2.27. The van der Waals surface area contributed by atoms with E-state index in [2.05, 4.69) is 15.4 Å². The Morgan fingerprint density at radius 3 is 2.34 bits per heavy atom. The maximum atomic E-state index is 13.1. The van der Waals surface area contributed by atoms with E-state index in [-0.39, 0.29) is 11.7 Å². The Balaban J connectivity index is 1.58. The SMILES string of the molecule is CNCCC1CCN(C(=O)c2nc(-c3ccccc3)n(-c3ccccc3)n2)CC1.